The molecule has 0 aliphatic carbocycles. The number of likely N-dealkylation sites (tertiary alicyclic amines) is 1. The Morgan fingerprint density at radius 2 is 2.24 bits per heavy atom. The third-order valence-electron chi connectivity index (χ3n) is 3.59. The Labute approximate surface area is 102 Å². The minimum atomic E-state index is -0.826. The molecule has 1 aliphatic rings. The summed E-state index contributed by atoms with van der Waals surface area (Å²) in [5.41, 5.74) is 1.37. The maximum atomic E-state index is 11.1. The predicted octanol–water partition coefficient (Wildman–Crippen LogP) is 2.76. The molecule has 0 saturated carbocycles. The van der Waals surface area contributed by atoms with E-state index in [1.165, 1.54) is 12.8 Å². The van der Waals surface area contributed by atoms with Gasteiger partial charge in [0.2, 0.25) is 0 Å². The summed E-state index contributed by atoms with van der Waals surface area (Å²) in [5, 5.41) is 9.14. The van der Waals surface area contributed by atoms with Gasteiger partial charge in [-0.15, -0.1) is 0 Å². The van der Waals surface area contributed by atoms with Gasteiger partial charge in [0.25, 0.3) is 0 Å². The van der Waals surface area contributed by atoms with Crippen LogP contribution in [-0.4, -0.2) is 28.6 Å². The largest absolute Gasteiger partial charge is 0.478 e. The lowest BCUT2D eigenvalue weighted by Crippen LogP contribution is -2.28. The zero-order valence-electron chi connectivity index (χ0n) is 10.2. The molecule has 1 aromatic carbocycles. The van der Waals surface area contributed by atoms with Crippen molar-refractivity contribution in [2.24, 2.45) is 0 Å². The molecule has 0 bridgehead atoms. The molecule has 1 aromatic rings. The molecule has 1 heterocycles. The molecular weight excluding hydrogens is 214 g/mol. The second-order valence-corrected chi connectivity index (χ2v) is 4.64. The standard InChI is InChI=1S/C14H19NO2/c1-2-12-7-5-9-15(12)10-11-6-3-4-8-13(11)14(16)17/h3-4,6,8,12H,2,5,7,9-10H2,1H3,(H,16,17). The first-order chi connectivity index (χ1) is 8.22. The van der Waals surface area contributed by atoms with E-state index in [0.717, 1.165) is 25.1 Å². The summed E-state index contributed by atoms with van der Waals surface area (Å²) in [4.78, 5) is 13.5. The summed E-state index contributed by atoms with van der Waals surface area (Å²) in [5.74, 6) is -0.826. The summed E-state index contributed by atoms with van der Waals surface area (Å²) in [6, 6.07) is 7.94. The second-order valence-electron chi connectivity index (χ2n) is 4.64. The van der Waals surface area contributed by atoms with Gasteiger partial charge < -0.3 is 5.11 Å². The van der Waals surface area contributed by atoms with E-state index >= 15 is 0 Å². The van der Waals surface area contributed by atoms with Crippen LogP contribution in [-0.2, 0) is 6.54 Å². The Balaban J connectivity index is 2.15. The SMILES string of the molecule is CCC1CCCN1Cc1ccccc1C(=O)O. The Morgan fingerprint density at radius 3 is 2.94 bits per heavy atom. The molecule has 3 heteroatoms. The van der Waals surface area contributed by atoms with Crippen LogP contribution >= 0.6 is 0 Å². The van der Waals surface area contributed by atoms with E-state index in [4.69, 9.17) is 5.11 Å². The highest BCUT2D eigenvalue weighted by atomic mass is 16.4. The van der Waals surface area contributed by atoms with Crippen LogP contribution in [0.2, 0.25) is 0 Å². The average molecular weight is 233 g/mol. The topological polar surface area (TPSA) is 40.5 Å². The van der Waals surface area contributed by atoms with E-state index in [1.54, 1.807) is 12.1 Å². The van der Waals surface area contributed by atoms with Crippen molar-refractivity contribution in [1.82, 2.24) is 4.90 Å². The van der Waals surface area contributed by atoms with Crippen molar-refractivity contribution in [2.75, 3.05) is 6.54 Å². The summed E-state index contributed by atoms with van der Waals surface area (Å²) in [6.07, 6.45) is 3.62. The minimum absolute atomic E-state index is 0.439. The van der Waals surface area contributed by atoms with E-state index < -0.39 is 5.97 Å². The van der Waals surface area contributed by atoms with Gasteiger partial charge in [-0.25, -0.2) is 4.79 Å². The lowest BCUT2D eigenvalue weighted by molar-refractivity contribution is 0.0694. The monoisotopic (exact) mass is 233 g/mol. The van der Waals surface area contributed by atoms with Crippen molar-refractivity contribution >= 4 is 5.97 Å². The maximum Gasteiger partial charge on any atom is 0.336 e. The van der Waals surface area contributed by atoms with Gasteiger partial charge in [-0.05, 0) is 37.4 Å². The van der Waals surface area contributed by atoms with Crippen molar-refractivity contribution in [3.63, 3.8) is 0 Å². The third-order valence-corrected chi connectivity index (χ3v) is 3.59. The molecule has 0 amide bonds. The average Bonchev–Trinajstić information content (AvgIpc) is 2.77. The smallest absolute Gasteiger partial charge is 0.336 e. The van der Waals surface area contributed by atoms with Crippen molar-refractivity contribution in [1.29, 1.82) is 0 Å². The molecule has 1 atom stereocenters. The second kappa shape index (κ2) is 5.32. The van der Waals surface area contributed by atoms with Crippen LogP contribution in [0.1, 0.15) is 42.1 Å². The number of hydrogen-bond acceptors (Lipinski definition) is 2. The highest BCUT2D eigenvalue weighted by molar-refractivity contribution is 5.89. The molecule has 2 rings (SSSR count). The fourth-order valence-electron chi connectivity index (χ4n) is 2.65. The molecular formula is C14H19NO2. The van der Waals surface area contributed by atoms with Crippen molar-refractivity contribution in [3.8, 4) is 0 Å². The van der Waals surface area contributed by atoms with Gasteiger partial charge in [-0.3, -0.25) is 4.90 Å². The molecule has 3 nitrogen and oxygen atoms in total. The van der Waals surface area contributed by atoms with E-state index in [9.17, 15) is 4.79 Å². The van der Waals surface area contributed by atoms with Crippen LogP contribution in [0.15, 0.2) is 24.3 Å². The Bertz CT molecular complexity index is 403. The molecule has 0 aromatic heterocycles. The summed E-state index contributed by atoms with van der Waals surface area (Å²) >= 11 is 0. The molecule has 1 N–H and O–H groups in total. The van der Waals surface area contributed by atoms with Gasteiger partial charge in [-0.1, -0.05) is 25.1 Å². The van der Waals surface area contributed by atoms with Crippen molar-refractivity contribution in [2.45, 2.75) is 38.8 Å². The molecule has 1 unspecified atom stereocenters. The number of aromatic carboxylic acids is 1. The Hall–Kier alpha value is -1.35. The van der Waals surface area contributed by atoms with Gasteiger partial charge in [-0.2, -0.15) is 0 Å². The number of hydrogen-bond donors (Lipinski definition) is 1. The highest BCUT2D eigenvalue weighted by Crippen LogP contribution is 2.23. The molecule has 0 spiro atoms. The quantitative estimate of drug-likeness (QED) is 0.869. The lowest BCUT2D eigenvalue weighted by Gasteiger charge is -2.23. The van der Waals surface area contributed by atoms with E-state index in [1.807, 2.05) is 12.1 Å². The third kappa shape index (κ3) is 2.67. The first-order valence-corrected chi connectivity index (χ1v) is 6.27. The molecule has 17 heavy (non-hydrogen) atoms. The molecule has 92 valence electrons. The minimum Gasteiger partial charge on any atom is -0.478 e. The van der Waals surface area contributed by atoms with Crippen molar-refractivity contribution in [3.05, 3.63) is 35.4 Å². The maximum absolute atomic E-state index is 11.1. The van der Waals surface area contributed by atoms with Gasteiger partial charge in [0.05, 0.1) is 5.56 Å². The van der Waals surface area contributed by atoms with Crippen LogP contribution in [0.25, 0.3) is 0 Å². The van der Waals surface area contributed by atoms with Crippen LogP contribution in [0, 0.1) is 0 Å². The lowest BCUT2D eigenvalue weighted by atomic mass is 10.1. The van der Waals surface area contributed by atoms with Crippen LogP contribution in [0.5, 0.6) is 0 Å². The first kappa shape index (κ1) is 12.1. The number of benzene rings is 1. The van der Waals surface area contributed by atoms with Gasteiger partial charge in [0, 0.05) is 12.6 Å². The van der Waals surface area contributed by atoms with E-state index in [-0.39, 0.29) is 0 Å². The molecule has 1 aliphatic heterocycles. The number of carbonyl (C=O) groups is 1. The molecule has 0 radical (unpaired) electrons. The van der Waals surface area contributed by atoms with Crippen LogP contribution < -0.4 is 0 Å². The summed E-state index contributed by atoms with van der Waals surface area (Å²) in [6.45, 7) is 4.06. The van der Waals surface area contributed by atoms with Gasteiger partial charge in [0.1, 0.15) is 0 Å². The Morgan fingerprint density at radius 1 is 1.47 bits per heavy atom. The van der Waals surface area contributed by atoms with E-state index in [0.29, 0.717) is 11.6 Å². The highest BCUT2D eigenvalue weighted by Gasteiger charge is 2.23. The Kier molecular flexibility index (Phi) is 3.79. The normalized spacial score (nSPS) is 20.6. The first-order valence-electron chi connectivity index (χ1n) is 6.27. The zero-order chi connectivity index (χ0) is 12.3. The fraction of sp³-hybridized carbons (Fsp3) is 0.500. The zero-order valence-corrected chi connectivity index (χ0v) is 10.2. The van der Waals surface area contributed by atoms with Crippen LogP contribution in [0.4, 0.5) is 0 Å². The predicted molar refractivity (Wildman–Crippen MR) is 67.1 cm³/mol. The van der Waals surface area contributed by atoms with Gasteiger partial charge in [0.15, 0.2) is 0 Å². The number of rotatable bonds is 4. The number of carboxylic acids is 1. The van der Waals surface area contributed by atoms with Crippen molar-refractivity contribution < 1.29 is 9.90 Å². The summed E-state index contributed by atoms with van der Waals surface area (Å²) < 4.78 is 0. The number of carboxylic acid groups (broad SMARTS) is 1. The van der Waals surface area contributed by atoms with Crippen LogP contribution in [0.3, 0.4) is 0 Å². The molecule has 1 saturated heterocycles. The van der Waals surface area contributed by atoms with Gasteiger partial charge >= 0.3 is 5.97 Å². The molecule has 1 fully saturated rings. The fourth-order valence-corrected chi connectivity index (χ4v) is 2.65. The summed E-state index contributed by atoms with van der Waals surface area (Å²) in [7, 11) is 0. The number of nitrogens with zero attached hydrogens (tertiary/aromatic N) is 1. The van der Waals surface area contributed by atoms with E-state index in [2.05, 4.69) is 11.8 Å².